The van der Waals surface area contributed by atoms with E-state index in [9.17, 15) is 30.0 Å². The van der Waals surface area contributed by atoms with E-state index in [4.69, 9.17) is 0 Å². The van der Waals surface area contributed by atoms with Crippen LogP contribution in [0.25, 0.3) is 0 Å². The lowest BCUT2D eigenvalue weighted by molar-refractivity contribution is -0.190. The number of carbonyl (C=O) groups excluding carboxylic acids is 2. The van der Waals surface area contributed by atoms with E-state index in [0.29, 0.717) is 0 Å². The average Bonchev–Trinajstić information content (AvgIpc) is 2.82. The van der Waals surface area contributed by atoms with Gasteiger partial charge in [-0.1, -0.05) is 25.5 Å². The van der Waals surface area contributed by atoms with Crippen LogP contribution in [0.3, 0.4) is 0 Å². The highest BCUT2D eigenvalue weighted by molar-refractivity contribution is 6.01. The van der Waals surface area contributed by atoms with Gasteiger partial charge in [-0.3, -0.25) is 9.59 Å². The molecule has 0 radical (unpaired) electrons. The first-order valence-electron chi connectivity index (χ1n) is 9.76. The van der Waals surface area contributed by atoms with Crippen LogP contribution in [-0.4, -0.2) is 56.4 Å². The van der Waals surface area contributed by atoms with Crippen LogP contribution in [-0.2, 0) is 9.59 Å². The number of carbonyl (C=O) groups is 2. The molecule has 0 saturated heterocycles. The second-order valence-corrected chi connectivity index (χ2v) is 9.31. The van der Waals surface area contributed by atoms with Gasteiger partial charge in [0.1, 0.15) is 6.61 Å². The van der Waals surface area contributed by atoms with Crippen molar-refractivity contribution in [2.24, 2.45) is 28.6 Å². The third kappa shape index (κ3) is 2.21. The molecule has 0 aromatic carbocycles. The minimum atomic E-state index is -2.05. The van der Waals surface area contributed by atoms with Crippen molar-refractivity contribution in [2.75, 3.05) is 6.61 Å². The lowest BCUT2D eigenvalue weighted by atomic mass is 9.46. The zero-order chi connectivity index (χ0) is 19.8. The summed E-state index contributed by atoms with van der Waals surface area (Å²) in [4.78, 5) is 24.2. The van der Waals surface area contributed by atoms with E-state index in [-0.39, 0.29) is 36.4 Å². The number of allylic oxidation sites excluding steroid dienone is 4. The molecule has 0 spiro atoms. The van der Waals surface area contributed by atoms with Crippen molar-refractivity contribution in [3.05, 3.63) is 23.8 Å². The highest BCUT2D eigenvalue weighted by atomic mass is 16.4. The Morgan fingerprint density at radius 1 is 1.30 bits per heavy atom. The third-order valence-corrected chi connectivity index (χ3v) is 8.28. The summed E-state index contributed by atoms with van der Waals surface area (Å²) in [5.74, 6) is -1.09. The molecule has 0 bridgehead atoms. The van der Waals surface area contributed by atoms with E-state index >= 15 is 0 Å². The second-order valence-electron chi connectivity index (χ2n) is 9.31. The zero-order valence-corrected chi connectivity index (χ0v) is 15.8. The first-order valence-corrected chi connectivity index (χ1v) is 9.76. The van der Waals surface area contributed by atoms with Gasteiger partial charge < -0.3 is 20.4 Å². The molecule has 148 valence electrons. The van der Waals surface area contributed by atoms with Crippen LogP contribution in [0, 0.1) is 28.6 Å². The maximum atomic E-state index is 12.4. The predicted octanol–water partition coefficient (Wildman–Crippen LogP) is 0.528. The Hall–Kier alpha value is -1.34. The zero-order valence-electron chi connectivity index (χ0n) is 15.8. The number of aliphatic hydroxyl groups is 4. The van der Waals surface area contributed by atoms with Gasteiger partial charge in [-0.05, 0) is 49.7 Å². The number of aliphatic hydroxyl groups excluding tert-OH is 3. The van der Waals surface area contributed by atoms with Crippen LogP contribution >= 0.6 is 0 Å². The number of Topliss-reactive ketones (excluding diaryl/α,β-unsaturated/α-hetero) is 1. The molecule has 0 aromatic rings. The molecule has 4 aliphatic carbocycles. The van der Waals surface area contributed by atoms with Gasteiger partial charge in [-0.2, -0.15) is 0 Å². The number of rotatable bonds is 2. The summed E-state index contributed by atoms with van der Waals surface area (Å²) in [5, 5.41) is 42.3. The van der Waals surface area contributed by atoms with E-state index in [1.54, 1.807) is 19.1 Å². The molecule has 0 aliphatic heterocycles. The smallest absolute Gasteiger partial charge is 0.192 e. The normalized spacial score (nSPS) is 51.3. The monoisotopic (exact) mass is 376 g/mol. The highest BCUT2D eigenvalue weighted by Gasteiger charge is 2.71. The Labute approximate surface area is 158 Å². The van der Waals surface area contributed by atoms with Gasteiger partial charge in [0.2, 0.25) is 0 Å². The van der Waals surface area contributed by atoms with Gasteiger partial charge in [-0.15, -0.1) is 0 Å². The fraction of sp³-hybridized carbons (Fsp3) is 0.714. The molecule has 4 aliphatic rings. The number of hydrogen-bond donors (Lipinski definition) is 4. The second kappa shape index (κ2) is 5.83. The highest BCUT2D eigenvalue weighted by Crippen LogP contribution is 2.67. The molecule has 8 atom stereocenters. The van der Waals surface area contributed by atoms with E-state index in [1.807, 2.05) is 13.0 Å². The molecule has 3 fully saturated rings. The third-order valence-electron chi connectivity index (χ3n) is 8.28. The fourth-order valence-corrected chi connectivity index (χ4v) is 6.96. The minimum absolute atomic E-state index is 0.00826. The summed E-state index contributed by atoms with van der Waals surface area (Å²) in [6, 6.07) is 0. The quantitative estimate of drug-likeness (QED) is 0.559. The molecule has 4 N–H and O–H groups in total. The molecule has 6 heteroatoms. The molecule has 0 amide bonds. The van der Waals surface area contributed by atoms with Crippen LogP contribution in [0.4, 0.5) is 0 Å². The lowest BCUT2D eigenvalue weighted by Gasteiger charge is -2.59. The topological polar surface area (TPSA) is 115 Å². The van der Waals surface area contributed by atoms with Crippen molar-refractivity contribution in [3.63, 3.8) is 0 Å². The summed E-state index contributed by atoms with van der Waals surface area (Å²) in [5.41, 5.74) is -2.46. The van der Waals surface area contributed by atoms with Crippen molar-refractivity contribution in [1.82, 2.24) is 0 Å². The Morgan fingerprint density at radius 3 is 2.67 bits per heavy atom. The van der Waals surface area contributed by atoms with Gasteiger partial charge >= 0.3 is 0 Å². The Balaban J connectivity index is 1.78. The first kappa shape index (κ1) is 19.0. The molecule has 0 heterocycles. The summed E-state index contributed by atoms with van der Waals surface area (Å²) in [7, 11) is 0. The van der Waals surface area contributed by atoms with Crippen molar-refractivity contribution in [1.29, 1.82) is 0 Å². The van der Waals surface area contributed by atoms with Gasteiger partial charge in [0.15, 0.2) is 17.2 Å². The van der Waals surface area contributed by atoms with Crippen molar-refractivity contribution in [3.8, 4) is 0 Å². The SMILES string of the molecule is C[C@]12C=CC(=O)C=C1CC[C@@H]1[C@@H]2C(O)C[C@@]2(C)[C@H]1CC(O)C2(O)C(=O)CO. The van der Waals surface area contributed by atoms with E-state index in [0.717, 1.165) is 18.4 Å². The fourth-order valence-electron chi connectivity index (χ4n) is 6.96. The summed E-state index contributed by atoms with van der Waals surface area (Å²) in [6.45, 7) is 2.96. The van der Waals surface area contributed by atoms with Crippen LogP contribution in [0.5, 0.6) is 0 Å². The van der Waals surface area contributed by atoms with Gasteiger partial charge in [0.25, 0.3) is 0 Å². The summed E-state index contributed by atoms with van der Waals surface area (Å²) < 4.78 is 0. The Kier molecular flexibility index (Phi) is 4.10. The van der Waals surface area contributed by atoms with Gasteiger partial charge in [0.05, 0.1) is 12.2 Å². The predicted molar refractivity (Wildman–Crippen MR) is 96.4 cm³/mol. The maximum absolute atomic E-state index is 12.4. The molecular weight excluding hydrogens is 348 g/mol. The molecule has 3 saturated carbocycles. The van der Waals surface area contributed by atoms with Crippen LogP contribution in [0.1, 0.15) is 39.5 Å². The van der Waals surface area contributed by atoms with Crippen molar-refractivity contribution in [2.45, 2.75) is 57.3 Å². The molecule has 0 aromatic heterocycles. The molecule has 4 rings (SSSR count). The van der Waals surface area contributed by atoms with E-state index in [1.165, 1.54) is 0 Å². The van der Waals surface area contributed by atoms with Crippen LogP contribution in [0.15, 0.2) is 23.8 Å². The minimum Gasteiger partial charge on any atom is -0.393 e. The molecule has 27 heavy (non-hydrogen) atoms. The van der Waals surface area contributed by atoms with Crippen molar-refractivity contribution < 1.29 is 30.0 Å². The standard InChI is InChI=1S/C21H28O6/c1-19-6-5-12(23)7-11(19)3-4-13-14-8-16(25)21(27,17(26)10-22)20(14,2)9-15(24)18(13)19/h5-7,13-16,18,22,24-25,27H,3-4,8-10H2,1-2H3/t13-,14-,15?,16?,18+,19-,20-,21?/m0/s1. The summed E-state index contributed by atoms with van der Waals surface area (Å²) in [6.07, 6.45) is 4.97. The number of ketones is 2. The number of hydrogen-bond acceptors (Lipinski definition) is 6. The Bertz CT molecular complexity index is 756. The van der Waals surface area contributed by atoms with Gasteiger partial charge in [0, 0.05) is 16.7 Å². The molecule has 6 nitrogen and oxygen atoms in total. The van der Waals surface area contributed by atoms with Crippen LogP contribution in [0.2, 0.25) is 0 Å². The van der Waals surface area contributed by atoms with Crippen molar-refractivity contribution >= 4 is 11.6 Å². The molecular formula is C21H28O6. The number of fused-ring (bicyclic) bond motifs is 5. The first-order chi connectivity index (χ1) is 12.6. The summed E-state index contributed by atoms with van der Waals surface area (Å²) >= 11 is 0. The average molecular weight is 376 g/mol. The largest absolute Gasteiger partial charge is 0.393 e. The lowest BCUT2D eigenvalue weighted by Crippen LogP contribution is -2.63. The molecule has 3 unspecified atom stereocenters. The van der Waals surface area contributed by atoms with Crippen LogP contribution < -0.4 is 0 Å². The van der Waals surface area contributed by atoms with E-state index in [2.05, 4.69) is 0 Å². The maximum Gasteiger partial charge on any atom is 0.192 e. The van der Waals surface area contributed by atoms with E-state index < -0.39 is 41.0 Å². The van der Waals surface area contributed by atoms with Gasteiger partial charge in [-0.25, -0.2) is 0 Å². The Morgan fingerprint density at radius 2 is 2.00 bits per heavy atom.